The van der Waals surface area contributed by atoms with Crippen LogP contribution in [0.4, 0.5) is 4.39 Å². The van der Waals surface area contributed by atoms with Gasteiger partial charge in [-0.1, -0.05) is 41.9 Å². The lowest BCUT2D eigenvalue weighted by Crippen LogP contribution is -2.06. The van der Waals surface area contributed by atoms with Crippen LogP contribution in [0.1, 0.15) is 25.8 Å². The monoisotopic (exact) mass is 336 g/mol. The predicted octanol–water partition coefficient (Wildman–Crippen LogP) is 4.94. The van der Waals surface area contributed by atoms with E-state index in [1.807, 2.05) is 6.07 Å². The summed E-state index contributed by atoms with van der Waals surface area (Å²) in [6.07, 6.45) is 2.01. The summed E-state index contributed by atoms with van der Waals surface area (Å²) in [6, 6.07) is 5.22. The Kier molecular flexibility index (Phi) is 5.27. The van der Waals surface area contributed by atoms with Crippen LogP contribution in [0.3, 0.4) is 0 Å². The number of hydrogen-bond donors (Lipinski definition) is 0. The second-order valence-electron chi connectivity index (χ2n) is 4.04. The molecule has 1 rings (SSSR count). The standard InChI is InChI=1S/C12H15Br2F/c1-8(6-9(2)13)7-10-4-3-5-11(15)12(10)14/h3-5,8-9H,6-7H2,1-2H3. The Labute approximate surface area is 108 Å². The van der Waals surface area contributed by atoms with E-state index in [2.05, 4.69) is 45.7 Å². The van der Waals surface area contributed by atoms with E-state index in [9.17, 15) is 4.39 Å². The third-order valence-corrected chi connectivity index (χ3v) is 3.59. The molecule has 3 heteroatoms. The lowest BCUT2D eigenvalue weighted by molar-refractivity contribution is 0.528. The van der Waals surface area contributed by atoms with E-state index in [4.69, 9.17) is 0 Å². The summed E-state index contributed by atoms with van der Waals surface area (Å²) in [5, 5.41) is 0. The lowest BCUT2D eigenvalue weighted by atomic mass is 9.97. The van der Waals surface area contributed by atoms with Gasteiger partial charge in [0.1, 0.15) is 5.82 Å². The summed E-state index contributed by atoms with van der Waals surface area (Å²) in [7, 11) is 0. The molecule has 0 aliphatic rings. The Bertz CT molecular complexity index is 323. The summed E-state index contributed by atoms with van der Waals surface area (Å²) in [4.78, 5) is 0.514. The van der Waals surface area contributed by atoms with Crippen molar-refractivity contribution in [2.45, 2.75) is 31.5 Å². The number of rotatable bonds is 4. The zero-order valence-electron chi connectivity index (χ0n) is 8.93. The average molecular weight is 338 g/mol. The van der Waals surface area contributed by atoms with Crippen molar-refractivity contribution < 1.29 is 4.39 Å². The summed E-state index contributed by atoms with van der Waals surface area (Å²) in [5.74, 6) is 0.379. The van der Waals surface area contributed by atoms with Crippen LogP contribution in [0.25, 0.3) is 0 Å². The maximum Gasteiger partial charge on any atom is 0.137 e. The molecule has 0 amide bonds. The van der Waals surface area contributed by atoms with E-state index in [1.54, 1.807) is 6.07 Å². The molecule has 0 heterocycles. The van der Waals surface area contributed by atoms with Crippen LogP contribution in [0.15, 0.2) is 22.7 Å². The van der Waals surface area contributed by atoms with Crippen molar-refractivity contribution in [3.63, 3.8) is 0 Å². The van der Waals surface area contributed by atoms with Crippen molar-refractivity contribution in [3.8, 4) is 0 Å². The molecule has 0 aromatic heterocycles. The Morgan fingerprint density at radius 2 is 2.00 bits per heavy atom. The largest absolute Gasteiger partial charge is 0.206 e. The van der Waals surface area contributed by atoms with Gasteiger partial charge in [-0.05, 0) is 46.3 Å². The van der Waals surface area contributed by atoms with Gasteiger partial charge >= 0.3 is 0 Å². The molecule has 0 aliphatic heterocycles. The van der Waals surface area contributed by atoms with Gasteiger partial charge in [0.15, 0.2) is 0 Å². The van der Waals surface area contributed by atoms with Gasteiger partial charge in [-0.15, -0.1) is 0 Å². The molecule has 15 heavy (non-hydrogen) atoms. The second kappa shape index (κ2) is 6.00. The van der Waals surface area contributed by atoms with Crippen LogP contribution in [-0.4, -0.2) is 4.83 Å². The molecular weight excluding hydrogens is 323 g/mol. The van der Waals surface area contributed by atoms with Gasteiger partial charge in [0.05, 0.1) is 4.47 Å². The van der Waals surface area contributed by atoms with Gasteiger partial charge in [0, 0.05) is 4.83 Å². The molecule has 0 spiro atoms. The molecule has 0 saturated heterocycles. The number of alkyl halides is 1. The van der Waals surface area contributed by atoms with Crippen LogP contribution in [0, 0.1) is 11.7 Å². The van der Waals surface area contributed by atoms with Crippen LogP contribution in [0.2, 0.25) is 0 Å². The molecule has 0 aliphatic carbocycles. The van der Waals surface area contributed by atoms with Crippen molar-refractivity contribution >= 4 is 31.9 Å². The molecule has 0 saturated carbocycles. The van der Waals surface area contributed by atoms with Gasteiger partial charge in [0.2, 0.25) is 0 Å². The normalized spacial score (nSPS) is 15.0. The van der Waals surface area contributed by atoms with Crippen LogP contribution < -0.4 is 0 Å². The maximum absolute atomic E-state index is 13.2. The van der Waals surface area contributed by atoms with Crippen molar-refractivity contribution in [1.82, 2.24) is 0 Å². The van der Waals surface area contributed by atoms with Crippen LogP contribution >= 0.6 is 31.9 Å². The van der Waals surface area contributed by atoms with Gasteiger partial charge in [0.25, 0.3) is 0 Å². The quantitative estimate of drug-likeness (QED) is 0.682. The Hall–Kier alpha value is 0.110. The van der Waals surface area contributed by atoms with E-state index in [-0.39, 0.29) is 5.82 Å². The summed E-state index contributed by atoms with van der Waals surface area (Å²) < 4.78 is 13.8. The minimum absolute atomic E-state index is 0.174. The minimum Gasteiger partial charge on any atom is -0.206 e. The van der Waals surface area contributed by atoms with Gasteiger partial charge < -0.3 is 0 Å². The van der Waals surface area contributed by atoms with Gasteiger partial charge in [-0.2, -0.15) is 0 Å². The Morgan fingerprint density at radius 1 is 1.33 bits per heavy atom. The maximum atomic E-state index is 13.2. The molecule has 0 bridgehead atoms. The second-order valence-corrected chi connectivity index (χ2v) is 6.39. The highest BCUT2D eigenvalue weighted by Crippen LogP contribution is 2.25. The zero-order chi connectivity index (χ0) is 11.4. The topological polar surface area (TPSA) is 0 Å². The molecule has 2 unspecified atom stereocenters. The summed E-state index contributed by atoms with van der Waals surface area (Å²) >= 11 is 6.82. The first kappa shape index (κ1) is 13.2. The molecule has 1 aromatic carbocycles. The summed E-state index contributed by atoms with van der Waals surface area (Å²) in [6.45, 7) is 4.33. The van der Waals surface area contributed by atoms with Crippen LogP contribution in [-0.2, 0) is 6.42 Å². The van der Waals surface area contributed by atoms with E-state index >= 15 is 0 Å². The lowest BCUT2D eigenvalue weighted by Gasteiger charge is -2.14. The smallest absolute Gasteiger partial charge is 0.137 e. The summed E-state index contributed by atoms with van der Waals surface area (Å²) in [5.41, 5.74) is 1.05. The van der Waals surface area contributed by atoms with Crippen molar-refractivity contribution in [2.24, 2.45) is 5.92 Å². The van der Waals surface area contributed by atoms with Crippen molar-refractivity contribution in [1.29, 1.82) is 0 Å². The van der Waals surface area contributed by atoms with Gasteiger partial charge in [-0.25, -0.2) is 4.39 Å². The first-order valence-corrected chi connectivity index (χ1v) is 6.78. The molecule has 1 aromatic rings. The predicted molar refractivity (Wildman–Crippen MR) is 70.0 cm³/mol. The first-order valence-electron chi connectivity index (χ1n) is 5.07. The fourth-order valence-corrected chi connectivity index (χ4v) is 2.78. The average Bonchev–Trinajstić information content (AvgIpc) is 2.11. The molecule has 0 N–H and O–H groups in total. The third-order valence-electron chi connectivity index (χ3n) is 2.33. The number of hydrogen-bond acceptors (Lipinski definition) is 0. The molecule has 84 valence electrons. The van der Waals surface area contributed by atoms with Gasteiger partial charge in [-0.3, -0.25) is 0 Å². The third kappa shape index (κ3) is 4.23. The highest BCUT2D eigenvalue weighted by Gasteiger charge is 2.11. The number of benzene rings is 1. The van der Waals surface area contributed by atoms with E-state index in [0.717, 1.165) is 18.4 Å². The molecule has 0 nitrogen and oxygen atoms in total. The van der Waals surface area contributed by atoms with Crippen molar-refractivity contribution in [3.05, 3.63) is 34.1 Å². The van der Waals surface area contributed by atoms with E-state index in [0.29, 0.717) is 15.2 Å². The fourth-order valence-electron chi connectivity index (χ4n) is 1.72. The Morgan fingerprint density at radius 3 is 2.60 bits per heavy atom. The Balaban J connectivity index is 2.68. The highest BCUT2D eigenvalue weighted by molar-refractivity contribution is 9.10. The molecule has 0 radical (unpaired) electrons. The molecular formula is C12H15Br2F. The minimum atomic E-state index is -0.174. The molecule has 2 atom stereocenters. The van der Waals surface area contributed by atoms with Crippen molar-refractivity contribution in [2.75, 3.05) is 0 Å². The SMILES string of the molecule is CC(Br)CC(C)Cc1cccc(F)c1Br. The highest BCUT2D eigenvalue weighted by atomic mass is 79.9. The van der Waals surface area contributed by atoms with Crippen LogP contribution in [0.5, 0.6) is 0 Å². The zero-order valence-corrected chi connectivity index (χ0v) is 12.1. The fraction of sp³-hybridized carbons (Fsp3) is 0.500. The molecule has 0 fully saturated rings. The van der Waals surface area contributed by atoms with E-state index in [1.165, 1.54) is 6.07 Å². The van der Waals surface area contributed by atoms with E-state index < -0.39 is 0 Å². The first-order chi connectivity index (χ1) is 7.00. The number of halogens is 3.